The number of halogens is 1. The number of aryl methyl sites for hydroxylation is 1. The predicted octanol–water partition coefficient (Wildman–Crippen LogP) is 2.30. The summed E-state index contributed by atoms with van der Waals surface area (Å²) in [7, 11) is 0. The minimum absolute atomic E-state index is 0.0162. The summed E-state index contributed by atoms with van der Waals surface area (Å²) in [6.45, 7) is 4.16. The van der Waals surface area contributed by atoms with Crippen LogP contribution in [0.3, 0.4) is 0 Å². The Morgan fingerprint density at radius 1 is 1.46 bits per heavy atom. The fourth-order valence-electron chi connectivity index (χ4n) is 3.00. The second-order valence-electron chi connectivity index (χ2n) is 6.67. The number of carbonyl (C=O) groups is 1. The van der Waals surface area contributed by atoms with E-state index in [9.17, 15) is 9.18 Å². The Hall–Kier alpha value is -2.68. The summed E-state index contributed by atoms with van der Waals surface area (Å²) in [4.78, 5) is 17.0. The van der Waals surface area contributed by atoms with Gasteiger partial charge < -0.3 is 9.88 Å². The monoisotopic (exact) mass is 326 g/mol. The fourth-order valence-corrected chi connectivity index (χ4v) is 3.00. The number of benzene rings is 1. The van der Waals surface area contributed by atoms with Crippen LogP contribution in [0.4, 0.5) is 4.39 Å². The number of hydrogen-bond acceptors (Lipinski definition) is 3. The van der Waals surface area contributed by atoms with Crippen LogP contribution in [0.2, 0.25) is 0 Å². The summed E-state index contributed by atoms with van der Waals surface area (Å²) in [6.07, 6.45) is 5.31. The van der Waals surface area contributed by atoms with Gasteiger partial charge in [0.2, 0.25) is 5.91 Å². The lowest BCUT2D eigenvalue weighted by Gasteiger charge is -2.30. The van der Waals surface area contributed by atoms with Crippen molar-refractivity contribution in [1.29, 1.82) is 5.26 Å². The Bertz CT molecular complexity index is 819. The van der Waals surface area contributed by atoms with Crippen LogP contribution in [0, 0.1) is 17.1 Å². The molecule has 0 unspecified atom stereocenters. The number of fused-ring (bicyclic) bond motifs is 1. The number of nitrogens with zero attached hydrogens (tertiary/aromatic N) is 3. The third kappa shape index (κ3) is 3.02. The van der Waals surface area contributed by atoms with Crippen LogP contribution in [0.15, 0.2) is 30.6 Å². The van der Waals surface area contributed by atoms with E-state index in [0.29, 0.717) is 12.1 Å². The summed E-state index contributed by atoms with van der Waals surface area (Å²) in [5.74, 6) is 0.347. The van der Waals surface area contributed by atoms with Gasteiger partial charge in [-0.1, -0.05) is 0 Å². The molecule has 1 amide bonds. The van der Waals surface area contributed by atoms with Gasteiger partial charge in [-0.25, -0.2) is 9.37 Å². The summed E-state index contributed by atoms with van der Waals surface area (Å²) in [5.41, 5.74) is -0.217. The van der Waals surface area contributed by atoms with E-state index in [2.05, 4.69) is 10.3 Å². The highest BCUT2D eigenvalue weighted by atomic mass is 19.1. The van der Waals surface area contributed by atoms with Crippen LogP contribution in [-0.4, -0.2) is 21.5 Å². The van der Waals surface area contributed by atoms with Crippen LogP contribution >= 0.6 is 0 Å². The summed E-state index contributed by atoms with van der Waals surface area (Å²) in [6, 6.07) is 5.99. The molecule has 0 aliphatic carbocycles. The molecule has 24 heavy (non-hydrogen) atoms. The Balaban J connectivity index is 1.77. The molecule has 1 N–H and O–H groups in total. The Labute approximate surface area is 140 Å². The summed E-state index contributed by atoms with van der Waals surface area (Å²) < 4.78 is 15.7. The quantitative estimate of drug-likeness (QED) is 0.941. The zero-order valence-electron chi connectivity index (χ0n) is 13.7. The molecule has 2 aromatic rings. The van der Waals surface area contributed by atoms with Crippen molar-refractivity contribution in [2.24, 2.45) is 0 Å². The minimum atomic E-state index is -0.928. The van der Waals surface area contributed by atoms with Crippen molar-refractivity contribution in [3.63, 3.8) is 0 Å². The van der Waals surface area contributed by atoms with Crippen LogP contribution in [0.5, 0.6) is 0 Å². The maximum atomic E-state index is 13.7. The first-order chi connectivity index (χ1) is 11.4. The predicted molar refractivity (Wildman–Crippen MR) is 86.6 cm³/mol. The zero-order valence-corrected chi connectivity index (χ0v) is 13.7. The van der Waals surface area contributed by atoms with E-state index in [1.165, 1.54) is 12.1 Å². The van der Waals surface area contributed by atoms with Crippen LogP contribution in [-0.2, 0) is 23.2 Å². The number of amides is 1. The molecule has 0 saturated heterocycles. The Morgan fingerprint density at radius 2 is 2.25 bits per heavy atom. The van der Waals surface area contributed by atoms with E-state index in [-0.39, 0.29) is 17.5 Å². The summed E-state index contributed by atoms with van der Waals surface area (Å²) in [5, 5.41) is 12.1. The number of hydrogen-bond donors (Lipinski definition) is 1. The molecule has 1 aromatic carbocycles. The lowest BCUT2D eigenvalue weighted by atomic mass is 9.82. The van der Waals surface area contributed by atoms with Gasteiger partial charge in [-0.3, -0.25) is 4.79 Å². The van der Waals surface area contributed by atoms with Gasteiger partial charge in [-0.15, -0.1) is 0 Å². The second kappa shape index (κ2) is 6.08. The highest BCUT2D eigenvalue weighted by Crippen LogP contribution is 2.26. The molecule has 6 heteroatoms. The zero-order chi connectivity index (χ0) is 17.3. The van der Waals surface area contributed by atoms with E-state index >= 15 is 0 Å². The van der Waals surface area contributed by atoms with Gasteiger partial charge in [-0.05, 0) is 44.0 Å². The third-order valence-corrected chi connectivity index (χ3v) is 4.59. The molecule has 1 aliphatic rings. The Morgan fingerprint density at radius 3 is 3.00 bits per heavy atom. The van der Waals surface area contributed by atoms with E-state index in [0.717, 1.165) is 18.7 Å². The standard InChI is InChI=1S/C18H19FN4O/c1-18(2,13-7-12(10-20)8-14(19)9-13)17(24)22-15-3-4-16-21-5-6-23(16)11-15/h5-9,15H,3-4,11H2,1-2H3,(H,22,24)/t15-/m0/s1. The van der Waals surface area contributed by atoms with E-state index in [1.54, 1.807) is 26.1 Å². The number of imidazole rings is 1. The van der Waals surface area contributed by atoms with Crippen molar-refractivity contribution in [3.8, 4) is 6.07 Å². The third-order valence-electron chi connectivity index (χ3n) is 4.59. The molecule has 5 nitrogen and oxygen atoms in total. The van der Waals surface area contributed by atoms with Gasteiger partial charge in [0.25, 0.3) is 0 Å². The Kier molecular flexibility index (Phi) is 4.10. The largest absolute Gasteiger partial charge is 0.351 e. The van der Waals surface area contributed by atoms with Crippen molar-refractivity contribution in [1.82, 2.24) is 14.9 Å². The number of nitrogens with one attached hydrogen (secondary N) is 1. The van der Waals surface area contributed by atoms with Gasteiger partial charge in [0, 0.05) is 31.4 Å². The van der Waals surface area contributed by atoms with Gasteiger partial charge in [0.15, 0.2) is 0 Å². The molecule has 2 heterocycles. The number of nitriles is 1. The number of carbonyl (C=O) groups excluding carboxylic acids is 1. The lowest BCUT2D eigenvalue weighted by molar-refractivity contribution is -0.126. The first kappa shape index (κ1) is 16.2. The lowest BCUT2D eigenvalue weighted by Crippen LogP contribution is -2.48. The van der Waals surface area contributed by atoms with Crippen molar-refractivity contribution >= 4 is 5.91 Å². The molecule has 0 spiro atoms. The van der Waals surface area contributed by atoms with Crippen molar-refractivity contribution in [2.75, 3.05) is 0 Å². The molecule has 1 atom stereocenters. The second-order valence-corrected chi connectivity index (χ2v) is 6.67. The van der Waals surface area contributed by atoms with Crippen LogP contribution in [0.25, 0.3) is 0 Å². The first-order valence-corrected chi connectivity index (χ1v) is 7.92. The maximum absolute atomic E-state index is 13.7. The van der Waals surface area contributed by atoms with Gasteiger partial charge in [-0.2, -0.15) is 5.26 Å². The van der Waals surface area contributed by atoms with E-state index < -0.39 is 11.2 Å². The van der Waals surface area contributed by atoms with Crippen molar-refractivity contribution in [2.45, 2.75) is 44.7 Å². The topological polar surface area (TPSA) is 70.7 Å². The maximum Gasteiger partial charge on any atom is 0.230 e. The number of aromatic nitrogens is 2. The molecular formula is C18H19FN4O. The normalized spacial score (nSPS) is 17.0. The van der Waals surface area contributed by atoms with Gasteiger partial charge in [0.05, 0.1) is 17.0 Å². The molecule has 3 rings (SSSR count). The first-order valence-electron chi connectivity index (χ1n) is 7.92. The molecule has 0 bridgehead atoms. The minimum Gasteiger partial charge on any atom is -0.351 e. The highest BCUT2D eigenvalue weighted by Gasteiger charge is 2.33. The van der Waals surface area contributed by atoms with Crippen molar-refractivity contribution < 1.29 is 9.18 Å². The smallest absolute Gasteiger partial charge is 0.230 e. The SMILES string of the molecule is CC(C)(C(=O)N[C@H]1CCc2nccn2C1)c1cc(F)cc(C#N)c1. The molecule has 0 radical (unpaired) electrons. The number of rotatable bonds is 3. The van der Waals surface area contributed by atoms with Crippen molar-refractivity contribution in [3.05, 3.63) is 53.4 Å². The van der Waals surface area contributed by atoms with Crippen LogP contribution in [0.1, 0.15) is 37.2 Å². The van der Waals surface area contributed by atoms with E-state index in [1.807, 2.05) is 16.8 Å². The molecule has 124 valence electrons. The van der Waals surface area contributed by atoms with Gasteiger partial charge in [0.1, 0.15) is 11.6 Å². The van der Waals surface area contributed by atoms with Crippen LogP contribution < -0.4 is 5.32 Å². The molecule has 1 aliphatic heterocycles. The molecule has 0 saturated carbocycles. The average Bonchev–Trinajstić information content (AvgIpc) is 3.01. The average molecular weight is 326 g/mol. The van der Waals surface area contributed by atoms with Gasteiger partial charge >= 0.3 is 0 Å². The molecule has 0 fully saturated rings. The highest BCUT2D eigenvalue weighted by molar-refractivity contribution is 5.87. The van der Waals surface area contributed by atoms with E-state index in [4.69, 9.17) is 5.26 Å². The fraction of sp³-hybridized carbons (Fsp3) is 0.389. The summed E-state index contributed by atoms with van der Waals surface area (Å²) >= 11 is 0. The molecular weight excluding hydrogens is 307 g/mol. The molecule has 1 aromatic heterocycles.